The summed E-state index contributed by atoms with van der Waals surface area (Å²) in [7, 11) is 1.43. The Hall–Kier alpha value is -2.18. The average Bonchev–Trinajstić information content (AvgIpc) is 2.71. The number of rotatable bonds is 2. The molecule has 0 saturated heterocycles. The molecule has 1 aromatic heterocycles. The molecule has 0 radical (unpaired) electrons. The van der Waals surface area contributed by atoms with Gasteiger partial charge in [0, 0.05) is 6.07 Å². The van der Waals surface area contributed by atoms with E-state index < -0.39 is 11.9 Å². The highest BCUT2D eigenvalue weighted by Gasteiger charge is 2.35. The van der Waals surface area contributed by atoms with Crippen LogP contribution in [0.4, 0.5) is 19.0 Å². The quantitative estimate of drug-likeness (QED) is 0.913. The number of halogens is 3. The lowest BCUT2D eigenvalue weighted by Gasteiger charge is -2.10. The van der Waals surface area contributed by atoms with E-state index in [2.05, 4.69) is 5.10 Å². The van der Waals surface area contributed by atoms with Crippen LogP contribution < -0.4 is 10.5 Å². The van der Waals surface area contributed by atoms with E-state index in [1.54, 1.807) is 18.2 Å². The van der Waals surface area contributed by atoms with E-state index in [1.165, 1.54) is 7.11 Å². The molecule has 2 aromatic rings. The lowest BCUT2D eigenvalue weighted by atomic mass is 10.2. The molecular weight excluding hydrogens is 259 g/mol. The summed E-state index contributed by atoms with van der Waals surface area (Å²) in [5.41, 5.74) is 5.79. The van der Waals surface area contributed by atoms with Gasteiger partial charge in [0.25, 0.3) is 0 Å². The number of nitrogens with two attached hydrogens (primary N) is 1. The molecule has 0 unspecified atom stereocenters. The van der Waals surface area contributed by atoms with Crippen LogP contribution in [0.3, 0.4) is 0 Å². The largest absolute Gasteiger partial charge is 0.494 e. The molecule has 2 N–H and O–H groups in total. The summed E-state index contributed by atoms with van der Waals surface area (Å²) < 4.78 is 43.9. The van der Waals surface area contributed by atoms with Crippen molar-refractivity contribution < 1.29 is 17.9 Å². The second-order valence-electron chi connectivity index (χ2n) is 4.04. The van der Waals surface area contributed by atoms with Crippen molar-refractivity contribution in [3.63, 3.8) is 0 Å². The summed E-state index contributed by atoms with van der Waals surface area (Å²) in [5.74, 6) is 0.297. The van der Waals surface area contributed by atoms with E-state index in [4.69, 9.17) is 10.5 Å². The zero-order chi connectivity index (χ0) is 14.2. The molecule has 0 amide bonds. The second-order valence-corrected chi connectivity index (χ2v) is 4.04. The van der Waals surface area contributed by atoms with Crippen molar-refractivity contribution in [2.45, 2.75) is 13.1 Å². The van der Waals surface area contributed by atoms with Gasteiger partial charge in [0.15, 0.2) is 5.69 Å². The van der Waals surface area contributed by atoms with Crippen LogP contribution in [-0.2, 0) is 6.18 Å². The van der Waals surface area contributed by atoms with Crippen LogP contribution >= 0.6 is 0 Å². The van der Waals surface area contributed by atoms with E-state index in [-0.39, 0.29) is 5.82 Å². The van der Waals surface area contributed by atoms with Gasteiger partial charge in [0.2, 0.25) is 0 Å². The highest BCUT2D eigenvalue weighted by molar-refractivity contribution is 5.53. The SMILES string of the molecule is COc1ccc(C)cc1-n1nc(C(F)(F)F)cc1N. The fourth-order valence-electron chi connectivity index (χ4n) is 1.69. The molecule has 1 heterocycles. The highest BCUT2D eigenvalue weighted by Crippen LogP contribution is 2.32. The minimum absolute atomic E-state index is 0.101. The van der Waals surface area contributed by atoms with Crippen LogP contribution in [0, 0.1) is 6.92 Å². The van der Waals surface area contributed by atoms with Gasteiger partial charge in [-0.1, -0.05) is 6.07 Å². The Kier molecular flexibility index (Phi) is 3.13. The van der Waals surface area contributed by atoms with Gasteiger partial charge in [-0.2, -0.15) is 18.3 Å². The number of ether oxygens (including phenoxy) is 1. The number of methoxy groups -OCH3 is 1. The lowest BCUT2D eigenvalue weighted by Crippen LogP contribution is -2.08. The number of hydrogen-bond acceptors (Lipinski definition) is 3. The normalized spacial score (nSPS) is 11.6. The molecule has 2 rings (SSSR count). The Bertz CT molecular complexity index is 605. The molecule has 19 heavy (non-hydrogen) atoms. The molecule has 7 heteroatoms. The van der Waals surface area contributed by atoms with Crippen LogP contribution in [0.25, 0.3) is 5.69 Å². The third-order valence-electron chi connectivity index (χ3n) is 2.59. The van der Waals surface area contributed by atoms with E-state index in [9.17, 15) is 13.2 Å². The smallest absolute Gasteiger partial charge is 0.435 e. The van der Waals surface area contributed by atoms with Crippen molar-refractivity contribution in [2.75, 3.05) is 12.8 Å². The summed E-state index contributed by atoms with van der Waals surface area (Å²) in [6, 6.07) is 5.88. The van der Waals surface area contributed by atoms with Gasteiger partial charge < -0.3 is 10.5 Å². The van der Waals surface area contributed by atoms with Crippen molar-refractivity contribution in [1.82, 2.24) is 9.78 Å². The molecule has 4 nitrogen and oxygen atoms in total. The van der Waals surface area contributed by atoms with Crippen LogP contribution in [0.1, 0.15) is 11.3 Å². The summed E-state index contributed by atoms with van der Waals surface area (Å²) in [6.07, 6.45) is -4.53. The van der Waals surface area contributed by atoms with Crippen molar-refractivity contribution >= 4 is 5.82 Å². The van der Waals surface area contributed by atoms with Gasteiger partial charge >= 0.3 is 6.18 Å². The summed E-state index contributed by atoms with van der Waals surface area (Å²) >= 11 is 0. The Morgan fingerprint density at radius 2 is 1.95 bits per heavy atom. The number of alkyl halides is 3. The van der Waals surface area contributed by atoms with Gasteiger partial charge in [0.1, 0.15) is 17.3 Å². The maximum Gasteiger partial charge on any atom is 0.435 e. The fourth-order valence-corrected chi connectivity index (χ4v) is 1.69. The molecule has 0 fully saturated rings. The maximum absolute atomic E-state index is 12.6. The van der Waals surface area contributed by atoms with Gasteiger partial charge in [-0.05, 0) is 24.6 Å². The number of nitrogen functional groups attached to an aromatic ring is 1. The lowest BCUT2D eigenvalue weighted by molar-refractivity contribution is -0.141. The van der Waals surface area contributed by atoms with Crippen LogP contribution in [-0.4, -0.2) is 16.9 Å². The summed E-state index contributed by atoms with van der Waals surface area (Å²) in [6.45, 7) is 1.81. The summed E-state index contributed by atoms with van der Waals surface area (Å²) in [5, 5.41) is 3.49. The number of benzene rings is 1. The molecule has 0 bridgehead atoms. The van der Waals surface area contributed by atoms with Crippen molar-refractivity contribution in [1.29, 1.82) is 0 Å². The van der Waals surface area contributed by atoms with E-state index >= 15 is 0 Å². The van der Waals surface area contributed by atoms with Crippen LogP contribution in [0.2, 0.25) is 0 Å². The Balaban J connectivity index is 2.59. The molecule has 0 aliphatic heterocycles. The van der Waals surface area contributed by atoms with Gasteiger partial charge in [0.05, 0.1) is 7.11 Å². The predicted molar refractivity (Wildman–Crippen MR) is 64.3 cm³/mol. The number of anilines is 1. The number of hydrogen-bond donors (Lipinski definition) is 1. The maximum atomic E-state index is 12.6. The Labute approximate surface area is 107 Å². The molecule has 1 aromatic carbocycles. The van der Waals surface area contributed by atoms with Crippen LogP contribution in [0.5, 0.6) is 5.75 Å². The third kappa shape index (κ3) is 2.49. The first kappa shape index (κ1) is 13.3. The highest BCUT2D eigenvalue weighted by atomic mass is 19.4. The van der Waals surface area contributed by atoms with Crippen molar-refractivity contribution in [3.05, 3.63) is 35.5 Å². The first-order valence-corrected chi connectivity index (χ1v) is 5.40. The van der Waals surface area contributed by atoms with E-state index in [1.807, 2.05) is 6.92 Å². The number of aryl methyl sites for hydroxylation is 1. The zero-order valence-electron chi connectivity index (χ0n) is 10.3. The van der Waals surface area contributed by atoms with Gasteiger partial charge in [-0.3, -0.25) is 0 Å². The Morgan fingerprint density at radius 3 is 2.47 bits per heavy atom. The minimum atomic E-state index is -4.53. The molecule has 102 valence electrons. The Morgan fingerprint density at radius 1 is 1.26 bits per heavy atom. The predicted octanol–water partition coefficient (Wildman–Crippen LogP) is 2.79. The summed E-state index contributed by atoms with van der Waals surface area (Å²) in [4.78, 5) is 0. The molecule has 0 spiro atoms. The second kappa shape index (κ2) is 4.49. The van der Waals surface area contributed by atoms with E-state index in [0.29, 0.717) is 11.4 Å². The zero-order valence-corrected chi connectivity index (χ0v) is 10.3. The average molecular weight is 271 g/mol. The standard InChI is InChI=1S/C12H12F3N3O/c1-7-3-4-9(19-2)8(5-7)18-11(16)6-10(17-18)12(13,14)15/h3-6H,16H2,1-2H3. The minimum Gasteiger partial charge on any atom is -0.494 e. The molecule has 0 atom stereocenters. The molecule has 0 aliphatic rings. The van der Waals surface area contributed by atoms with Crippen molar-refractivity contribution in [2.24, 2.45) is 0 Å². The first-order valence-electron chi connectivity index (χ1n) is 5.40. The van der Waals surface area contributed by atoms with E-state index in [0.717, 1.165) is 16.3 Å². The van der Waals surface area contributed by atoms with Crippen LogP contribution in [0.15, 0.2) is 24.3 Å². The number of nitrogens with zero attached hydrogens (tertiary/aromatic N) is 2. The topological polar surface area (TPSA) is 53.1 Å². The monoisotopic (exact) mass is 271 g/mol. The third-order valence-corrected chi connectivity index (χ3v) is 2.59. The van der Waals surface area contributed by atoms with Gasteiger partial charge in [-0.15, -0.1) is 0 Å². The molecule has 0 aliphatic carbocycles. The van der Waals surface area contributed by atoms with Gasteiger partial charge in [-0.25, -0.2) is 4.68 Å². The molecular formula is C12H12F3N3O. The fraction of sp³-hybridized carbons (Fsp3) is 0.250. The van der Waals surface area contributed by atoms with Crippen molar-refractivity contribution in [3.8, 4) is 11.4 Å². The number of aromatic nitrogens is 2. The molecule has 0 saturated carbocycles. The first-order chi connectivity index (χ1) is 8.82.